The van der Waals surface area contributed by atoms with Gasteiger partial charge < -0.3 is 21.1 Å². The third-order valence-corrected chi connectivity index (χ3v) is 2.83. The lowest BCUT2D eigenvalue weighted by molar-refractivity contribution is -0.121. The summed E-state index contributed by atoms with van der Waals surface area (Å²) in [5, 5.41) is 0. The van der Waals surface area contributed by atoms with Gasteiger partial charge >= 0.3 is 0 Å². The van der Waals surface area contributed by atoms with Crippen LogP contribution < -0.4 is 21.1 Å². The second-order valence-electron chi connectivity index (χ2n) is 3.96. The largest absolute Gasteiger partial charge is 0.481 e. The molecule has 7 nitrogen and oxygen atoms in total. The predicted molar refractivity (Wildman–Crippen MR) is 62.5 cm³/mol. The predicted octanol–water partition coefficient (Wildman–Crippen LogP) is -0.621. The highest BCUT2D eigenvalue weighted by atomic mass is 16.5. The molecule has 1 saturated heterocycles. The zero-order valence-electron chi connectivity index (χ0n) is 9.59. The number of ether oxygens (including phenoxy) is 1. The molecule has 0 saturated carbocycles. The fourth-order valence-corrected chi connectivity index (χ4v) is 1.90. The van der Waals surface area contributed by atoms with Gasteiger partial charge in [-0.25, -0.2) is 0 Å². The van der Waals surface area contributed by atoms with Crippen LogP contribution in [0.1, 0.15) is 6.42 Å². The lowest BCUT2D eigenvalue weighted by Crippen LogP contribution is -2.27. The van der Waals surface area contributed by atoms with Gasteiger partial charge in [-0.05, 0) is 6.42 Å². The molecule has 1 atom stereocenters. The van der Waals surface area contributed by atoms with E-state index in [-0.39, 0.29) is 17.8 Å². The summed E-state index contributed by atoms with van der Waals surface area (Å²) in [6, 6.07) is 1.69. The number of hydrogen-bond acceptors (Lipinski definition) is 6. The first-order chi connectivity index (χ1) is 8.10. The number of nitrogen functional groups attached to an aromatic ring is 1. The van der Waals surface area contributed by atoms with E-state index >= 15 is 0 Å². The van der Waals surface area contributed by atoms with Crippen molar-refractivity contribution in [1.29, 1.82) is 0 Å². The van der Waals surface area contributed by atoms with Gasteiger partial charge in [0.15, 0.2) is 0 Å². The molecule has 1 aliphatic heterocycles. The summed E-state index contributed by atoms with van der Waals surface area (Å²) in [6.07, 6.45) is 0.738. The molecule has 17 heavy (non-hydrogen) atoms. The van der Waals surface area contributed by atoms with Crippen LogP contribution in [0.2, 0.25) is 0 Å². The normalized spacial score (nSPS) is 19.4. The maximum Gasteiger partial charge on any atom is 0.225 e. The minimum Gasteiger partial charge on any atom is -0.481 e. The Morgan fingerprint density at radius 2 is 2.35 bits per heavy atom. The first kappa shape index (κ1) is 11.4. The molecule has 1 aromatic heterocycles. The van der Waals surface area contributed by atoms with Gasteiger partial charge in [0, 0.05) is 19.2 Å². The van der Waals surface area contributed by atoms with Crippen molar-refractivity contribution < 1.29 is 9.53 Å². The maximum atomic E-state index is 11.1. The highest BCUT2D eigenvalue weighted by molar-refractivity contribution is 5.78. The van der Waals surface area contributed by atoms with Crippen molar-refractivity contribution in [2.45, 2.75) is 6.42 Å². The minimum absolute atomic E-state index is 0.128. The van der Waals surface area contributed by atoms with Gasteiger partial charge in [-0.2, -0.15) is 9.97 Å². The van der Waals surface area contributed by atoms with E-state index in [1.807, 2.05) is 4.90 Å². The molecule has 2 heterocycles. The summed E-state index contributed by atoms with van der Waals surface area (Å²) < 4.78 is 5.02. The van der Waals surface area contributed by atoms with E-state index < -0.39 is 0 Å². The number of nitrogens with zero attached hydrogens (tertiary/aromatic N) is 3. The summed E-state index contributed by atoms with van der Waals surface area (Å²) >= 11 is 0. The van der Waals surface area contributed by atoms with Gasteiger partial charge in [-0.1, -0.05) is 0 Å². The number of anilines is 2. The summed E-state index contributed by atoms with van der Waals surface area (Å²) in [5.74, 6) is 0.827. The molecule has 0 bridgehead atoms. The second kappa shape index (κ2) is 4.44. The number of aromatic nitrogens is 2. The van der Waals surface area contributed by atoms with E-state index in [4.69, 9.17) is 16.2 Å². The summed E-state index contributed by atoms with van der Waals surface area (Å²) in [6.45, 7) is 1.29. The molecule has 2 rings (SSSR count). The van der Waals surface area contributed by atoms with Crippen LogP contribution in [0.3, 0.4) is 0 Å². The molecular formula is C10H15N5O2. The van der Waals surface area contributed by atoms with Crippen molar-refractivity contribution in [2.75, 3.05) is 30.8 Å². The Labute approximate surface area is 98.8 Å². The number of carbonyl (C=O) groups excluding carboxylic acids is 1. The summed E-state index contributed by atoms with van der Waals surface area (Å²) in [5.41, 5.74) is 10.9. The average molecular weight is 237 g/mol. The number of rotatable bonds is 3. The van der Waals surface area contributed by atoms with Gasteiger partial charge in [0.2, 0.25) is 17.7 Å². The van der Waals surface area contributed by atoms with E-state index in [0.717, 1.165) is 13.0 Å². The molecule has 0 aromatic carbocycles. The van der Waals surface area contributed by atoms with Crippen LogP contribution in [0.25, 0.3) is 0 Å². The van der Waals surface area contributed by atoms with Crippen LogP contribution in [0, 0.1) is 5.92 Å². The first-order valence-corrected chi connectivity index (χ1v) is 5.33. The average Bonchev–Trinajstić information content (AvgIpc) is 2.77. The molecule has 1 amide bonds. The molecule has 1 fully saturated rings. The third-order valence-electron chi connectivity index (χ3n) is 2.83. The molecule has 1 unspecified atom stereocenters. The Morgan fingerprint density at radius 3 is 2.94 bits per heavy atom. The molecule has 7 heteroatoms. The van der Waals surface area contributed by atoms with Crippen molar-refractivity contribution in [3.05, 3.63) is 6.07 Å². The molecular weight excluding hydrogens is 222 g/mol. The number of carbonyl (C=O) groups is 1. The van der Waals surface area contributed by atoms with Crippen LogP contribution in [-0.2, 0) is 4.79 Å². The molecule has 0 spiro atoms. The van der Waals surface area contributed by atoms with Crippen molar-refractivity contribution in [3.63, 3.8) is 0 Å². The molecule has 92 valence electrons. The number of methoxy groups -OCH3 is 1. The fourth-order valence-electron chi connectivity index (χ4n) is 1.90. The van der Waals surface area contributed by atoms with Crippen LogP contribution in [0.15, 0.2) is 6.07 Å². The van der Waals surface area contributed by atoms with Crippen molar-refractivity contribution in [3.8, 4) is 5.88 Å². The third kappa shape index (κ3) is 2.38. The van der Waals surface area contributed by atoms with Crippen LogP contribution in [0.4, 0.5) is 11.8 Å². The van der Waals surface area contributed by atoms with E-state index in [9.17, 15) is 4.79 Å². The Hall–Kier alpha value is -2.05. The quantitative estimate of drug-likeness (QED) is 0.725. The van der Waals surface area contributed by atoms with Crippen molar-refractivity contribution in [1.82, 2.24) is 9.97 Å². The topological polar surface area (TPSA) is 107 Å². The summed E-state index contributed by atoms with van der Waals surface area (Å²) in [4.78, 5) is 21.1. The number of nitrogens with two attached hydrogens (primary N) is 2. The SMILES string of the molecule is COc1cc(N2CCC(C(N)=O)C2)nc(N)n1. The van der Waals surface area contributed by atoms with E-state index in [2.05, 4.69) is 9.97 Å². The smallest absolute Gasteiger partial charge is 0.225 e. The number of amides is 1. The van der Waals surface area contributed by atoms with Crippen LogP contribution in [-0.4, -0.2) is 36.1 Å². The number of primary amides is 1. The summed E-state index contributed by atoms with van der Waals surface area (Å²) in [7, 11) is 1.52. The Balaban J connectivity index is 2.18. The monoisotopic (exact) mass is 237 g/mol. The van der Waals surface area contributed by atoms with Crippen molar-refractivity contribution in [2.24, 2.45) is 11.7 Å². The molecule has 0 aliphatic carbocycles. The maximum absolute atomic E-state index is 11.1. The van der Waals surface area contributed by atoms with Crippen LogP contribution in [0.5, 0.6) is 5.88 Å². The van der Waals surface area contributed by atoms with Gasteiger partial charge in [0.05, 0.1) is 13.0 Å². The Kier molecular flexibility index (Phi) is 2.99. The minimum atomic E-state index is -0.276. The zero-order valence-corrected chi connectivity index (χ0v) is 9.59. The highest BCUT2D eigenvalue weighted by Crippen LogP contribution is 2.24. The van der Waals surface area contributed by atoms with E-state index in [0.29, 0.717) is 18.2 Å². The molecule has 0 radical (unpaired) electrons. The molecule has 4 N–H and O–H groups in total. The highest BCUT2D eigenvalue weighted by Gasteiger charge is 2.27. The van der Waals surface area contributed by atoms with E-state index in [1.54, 1.807) is 6.07 Å². The lowest BCUT2D eigenvalue weighted by atomic mass is 10.1. The zero-order chi connectivity index (χ0) is 12.4. The molecule has 1 aliphatic rings. The number of hydrogen-bond donors (Lipinski definition) is 2. The van der Waals surface area contributed by atoms with Gasteiger partial charge in [0.25, 0.3) is 0 Å². The Morgan fingerprint density at radius 1 is 1.59 bits per heavy atom. The van der Waals surface area contributed by atoms with E-state index in [1.165, 1.54) is 7.11 Å². The van der Waals surface area contributed by atoms with Gasteiger partial charge in [0.1, 0.15) is 5.82 Å². The van der Waals surface area contributed by atoms with Crippen molar-refractivity contribution >= 4 is 17.7 Å². The first-order valence-electron chi connectivity index (χ1n) is 5.33. The Bertz CT molecular complexity index is 437. The lowest BCUT2D eigenvalue weighted by Gasteiger charge is -2.17. The molecule has 1 aromatic rings. The second-order valence-corrected chi connectivity index (χ2v) is 3.96. The van der Waals surface area contributed by atoms with Gasteiger partial charge in [-0.3, -0.25) is 4.79 Å². The van der Waals surface area contributed by atoms with Crippen LogP contribution >= 0.6 is 0 Å². The fraction of sp³-hybridized carbons (Fsp3) is 0.500. The standard InChI is InChI=1S/C10H15N5O2/c1-17-8-4-7(13-10(12)14-8)15-3-2-6(5-15)9(11)16/h4,6H,2-3,5H2,1H3,(H2,11,16)(H2,12,13,14). The van der Waals surface area contributed by atoms with Gasteiger partial charge in [-0.15, -0.1) is 0 Å².